The van der Waals surface area contributed by atoms with Gasteiger partial charge in [-0.3, -0.25) is 4.79 Å². The van der Waals surface area contributed by atoms with Crippen molar-refractivity contribution in [3.05, 3.63) is 65.7 Å². The molecule has 2 rings (SSSR count). The molecule has 3 nitrogen and oxygen atoms in total. The summed E-state index contributed by atoms with van der Waals surface area (Å²) in [5.41, 5.74) is 2.20. The summed E-state index contributed by atoms with van der Waals surface area (Å²) in [4.78, 5) is 12.5. The van der Waals surface area contributed by atoms with Crippen molar-refractivity contribution in [2.24, 2.45) is 0 Å². The number of carbonyl (C=O) groups excluding carboxylic acids is 1. The van der Waals surface area contributed by atoms with Gasteiger partial charge in [-0.1, -0.05) is 63.2 Å². The number of ether oxygens (including phenoxy) is 1. The average Bonchev–Trinajstić information content (AvgIpc) is 2.54. The van der Waals surface area contributed by atoms with Crippen LogP contribution in [-0.4, -0.2) is 17.6 Å². The van der Waals surface area contributed by atoms with Crippen molar-refractivity contribution in [1.29, 1.82) is 0 Å². The summed E-state index contributed by atoms with van der Waals surface area (Å²) in [7, 11) is 0. The number of hydrogen-bond acceptors (Lipinski definition) is 2. The third-order valence-electron chi connectivity index (χ3n) is 4.35. The van der Waals surface area contributed by atoms with E-state index in [4.69, 9.17) is 4.74 Å². The van der Waals surface area contributed by atoms with Gasteiger partial charge in [-0.25, -0.2) is 0 Å². The highest BCUT2D eigenvalue weighted by atomic mass is 16.5. The molecule has 0 aliphatic carbocycles. The van der Waals surface area contributed by atoms with E-state index < -0.39 is 6.10 Å². The molecule has 0 aliphatic rings. The van der Waals surface area contributed by atoms with E-state index in [-0.39, 0.29) is 16.9 Å². The van der Waals surface area contributed by atoms with E-state index in [1.807, 2.05) is 44.2 Å². The van der Waals surface area contributed by atoms with Crippen molar-refractivity contribution in [2.45, 2.75) is 65.0 Å². The fraction of sp³-hybridized carbons (Fsp3) is 0.435. The molecule has 26 heavy (non-hydrogen) atoms. The Bertz CT molecular complexity index is 712. The van der Waals surface area contributed by atoms with Gasteiger partial charge in [-0.05, 0) is 55.9 Å². The van der Waals surface area contributed by atoms with Gasteiger partial charge < -0.3 is 10.1 Å². The highest BCUT2D eigenvalue weighted by Crippen LogP contribution is 2.24. The van der Waals surface area contributed by atoms with Gasteiger partial charge in [0, 0.05) is 5.54 Å². The van der Waals surface area contributed by atoms with Crippen LogP contribution >= 0.6 is 0 Å². The number of benzene rings is 2. The summed E-state index contributed by atoms with van der Waals surface area (Å²) in [6, 6.07) is 18.1. The predicted octanol–water partition coefficient (Wildman–Crippen LogP) is 4.89. The molecule has 0 fully saturated rings. The highest BCUT2D eigenvalue weighted by molar-refractivity contribution is 5.81. The molecule has 0 unspecified atom stereocenters. The molecule has 0 radical (unpaired) electrons. The molecule has 0 saturated carbocycles. The van der Waals surface area contributed by atoms with Crippen LogP contribution in [0.2, 0.25) is 0 Å². The molecule has 0 bridgehead atoms. The van der Waals surface area contributed by atoms with Gasteiger partial charge in [0.1, 0.15) is 5.75 Å². The normalized spacial score (nSPS) is 13.2. The molecule has 0 saturated heterocycles. The van der Waals surface area contributed by atoms with Crippen molar-refractivity contribution >= 4 is 5.91 Å². The van der Waals surface area contributed by atoms with Crippen molar-refractivity contribution in [1.82, 2.24) is 5.32 Å². The van der Waals surface area contributed by atoms with Gasteiger partial charge in [0.05, 0.1) is 0 Å². The third kappa shape index (κ3) is 5.91. The summed E-state index contributed by atoms with van der Waals surface area (Å²) in [6.07, 6.45) is 0.220. The van der Waals surface area contributed by atoms with Crippen LogP contribution in [0.25, 0.3) is 0 Å². The van der Waals surface area contributed by atoms with Gasteiger partial charge in [0.15, 0.2) is 6.10 Å². The Morgan fingerprint density at radius 3 is 2.08 bits per heavy atom. The van der Waals surface area contributed by atoms with E-state index in [1.54, 1.807) is 6.92 Å². The van der Waals surface area contributed by atoms with Crippen molar-refractivity contribution in [3.63, 3.8) is 0 Å². The Morgan fingerprint density at radius 1 is 0.962 bits per heavy atom. The maximum Gasteiger partial charge on any atom is 0.261 e. The van der Waals surface area contributed by atoms with E-state index in [0.29, 0.717) is 5.75 Å². The van der Waals surface area contributed by atoms with Gasteiger partial charge in [-0.15, -0.1) is 0 Å². The van der Waals surface area contributed by atoms with Crippen LogP contribution in [-0.2, 0) is 16.6 Å². The first-order valence-electron chi connectivity index (χ1n) is 9.20. The zero-order valence-electron chi connectivity index (χ0n) is 16.8. The monoisotopic (exact) mass is 353 g/mol. The highest BCUT2D eigenvalue weighted by Gasteiger charge is 2.25. The lowest BCUT2D eigenvalue weighted by atomic mass is 9.87. The first-order chi connectivity index (χ1) is 12.1. The fourth-order valence-corrected chi connectivity index (χ4v) is 2.88. The number of nitrogens with one attached hydrogen (secondary N) is 1. The van der Waals surface area contributed by atoms with Crippen LogP contribution in [0.4, 0.5) is 0 Å². The van der Waals surface area contributed by atoms with Gasteiger partial charge in [0.2, 0.25) is 0 Å². The third-order valence-corrected chi connectivity index (χ3v) is 4.35. The fourth-order valence-electron chi connectivity index (χ4n) is 2.88. The van der Waals surface area contributed by atoms with Crippen LogP contribution in [0.15, 0.2) is 54.6 Å². The number of carbonyl (C=O) groups is 1. The Hall–Kier alpha value is -2.29. The summed E-state index contributed by atoms with van der Waals surface area (Å²) in [5, 5.41) is 3.10. The summed E-state index contributed by atoms with van der Waals surface area (Å²) in [5.74, 6) is 0.604. The molecule has 140 valence electrons. The van der Waals surface area contributed by atoms with Crippen LogP contribution in [0.1, 0.15) is 52.7 Å². The van der Waals surface area contributed by atoms with E-state index in [2.05, 4.69) is 50.4 Å². The van der Waals surface area contributed by atoms with Crippen molar-refractivity contribution in [3.8, 4) is 5.75 Å². The standard InChI is InChI=1S/C23H31NO2/c1-17(26-20-14-12-19(13-15-20)22(2,3)4)21(25)24-23(5,6)16-18-10-8-7-9-11-18/h7-15,17H,16H2,1-6H3,(H,24,25)/t17-/m0/s1. The lowest BCUT2D eigenvalue weighted by molar-refractivity contribution is -0.128. The molecule has 1 atom stereocenters. The van der Waals surface area contributed by atoms with E-state index in [9.17, 15) is 4.79 Å². The lowest BCUT2D eigenvalue weighted by Crippen LogP contribution is -2.49. The predicted molar refractivity (Wildman–Crippen MR) is 108 cm³/mol. The summed E-state index contributed by atoms with van der Waals surface area (Å²) in [6.45, 7) is 12.4. The SMILES string of the molecule is C[C@H](Oc1ccc(C(C)(C)C)cc1)C(=O)NC(C)(C)Cc1ccccc1. The lowest BCUT2D eigenvalue weighted by Gasteiger charge is -2.28. The molecule has 1 N–H and O–H groups in total. The molecule has 0 spiro atoms. The molecule has 0 heterocycles. The Kier molecular flexibility index (Phi) is 6.12. The second kappa shape index (κ2) is 7.94. The largest absolute Gasteiger partial charge is 0.481 e. The number of amides is 1. The van der Waals surface area contributed by atoms with Gasteiger partial charge >= 0.3 is 0 Å². The Balaban J connectivity index is 1.94. The Labute approximate surface area is 157 Å². The van der Waals surface area contributed by atoms with E-state index in [0.717, 1.165) is 6.42 Å². The zero-order chi connectivity index (χ0) is 19.4. The number of hydrogen-bond donors (Lipinski definition) is 1. The molecule has 2 aromatic rings. The first kappa shape index (κ1) is 20.0. The second-order valence-electron chi connectivity index (χ2n) is 8.57. The van der Waals surface area contributed by atoms with Crippen LogP contribution in [0, 0.1) is 0 Å². The molecule has 1 amide bonds. The minimum atomic E-state index is -0.550. The molecular formula is C23H31NO2. The van der Waals surface area contributed by atoms with Crippen molar-refractivity contribution < 1.29 is 9.53 Å². The minimum absolute atomic E-state index is 0.100. The van der Waals surface area contributed by atoms with Crippen molar-refractivity contribution in [2.75, 3.05) is 0 Å². The quantitative estimate of drug-likeness (QED) is 0.803. The van der Waals surface area contributed by atoms with E-state index >= 15 is 0 Å². The summed E-state index contributed by atoms with van der Waals surface area (Å²) >= 11 is 0. The molecule has 0 aromatic heterocycles. The maximum atomic E-state index is 12.5. The Morgan fingerprint density at radius 2 is 1.54 bits per heavy atom. The minimum Gasteiger partial charge on any atom is -0.481 e. The number of rotatable bonds is 6. The molecule has 0 aliphatic heterocycles. The first-order valence-corrected chi connectivity index (χ1v) is 9.20. The summed E-state index contributed by atoms with van der Waals surface area (Å²) < 4.78 is 5.83. The molecule has 2 aromatic carbocycles. The smallest absolute Gasteiger partial charge is 0.261 e. The molecular weight excluding hydrogens is 322 g/mol. The zero-order valence-corrected chi connectivity index (χ0v) is 16.8. The van der Waals surface area contributed by atoms with Crippen LogP contribution in [0.3, 0.4) is 0 Å². The van der Waals surface area contributed by atoms with Crippen LogP contribution < -0.4 is 10.1 Å². The maximum absolute atomic E-state index is 12.5. The topological polar surface area (TPSA) is 38.3 Å². The van der Waals surface area contributed by atoms with E-state index in [1.165, 1.54) is 11.1 Å². The van der Waals surface area contributed by atoms with Gasteiger partial charge in [0.25, 0.3) is 5.91 Å². The van der Waals surface area contributed by atoms with Crippen LogP contribution in [0.5, 0.6) is 5.75 Å². The second-order valence-corrected chi connectivity index (χ2v) is 8.57. The average molecular weight is 354 g/mol. The molecule has 3 heteroatoms. The van der Waals surface area contributed by atoms with Gasteiger partial charge in [-0.2, -0.15) is 0 Å².